The van der Waals surface area contributed by atoms with Gasteiger partial charge in [0.15, 0.2) is 0 Å². The van der Waals surface area contributed by atoms with Crippen LogP contribution in [-0.4, -0.2) is 48.2 Å². The molecule has 2 fully saturated rings. The van der Waals surface area contributed by atoms with Crippen LogP contribution in [0.25, 0.3) is 0 Å². The molecule has 1 aromatic rings. The molecule has 5 heteroatoms. The van der Waals surface area contributed by atoms with Gasteiger partial charge in [0, 0.05) is 26.2 Å². The summed E-state index contributed by atoms with van der Waals surface area (Å²) in [6.07, 6.45) is 3.60. The number of amides is 1. The second kappa shape index (κ2) is 7.44. The number of aliphatic hydroxyl groups excluding tert-OH is 1. The summed E-state index contributed by atoms with van der Waals surface area (Å²) in [6.45, 7) is 2.46. The van der Waals surface area contributed by atoms with Gasteiger partial charge in [-0.3, -0.25) is 4.79 Å². The number of carbonyl (C=O) groups is 1. The zero-order chi connectivity index (χ0) is 14.7. The molecule has 2 aliphatic rings. The van der Waals surface area contributed by atoms with Crippen LogP contribution < -0.4 is 5.32 Å². The number of halogens is 1. The maximum Gasteiger partial charge on any atom is 0.233 e. The smallest absolute Gasteiger partial charge is 0.233 e. The monoisotopic (exact) mass is 324 g/mol. The van der Waals surface area contributed by atoms with E-state index < -0.39 is 6.10 Å². The van der Waals surface area contributed by atoms with Gasteiger partial charge in [0.1, 0.15) is 0 Å². The van der Waals surface area contributed by atoms with Gasteiger partial charge in [-0.15, -0.1) is 12.4 Å². The number of nitrogens with zero attached hydrogens (tertiary/aromatic N) is 1. The summed E-state index contributed by atoms with van der Waals surface area (Å²) in [7, 11) is 0. The first-order valence-electron chi connectivity index (χ1n) is 7.96. The van der Waals surface area contributed by atoms with Gasteiger partial charge < -0.3 is 15.3 Å². The van der Waals surface area contributed by atoms with E-state index in [1.165, 1.54) is 0 Å². The minimum atomic E-state index is -0.467. The molecule has 22 heavy (non-hydrogen) atoms. The van der Waals surface area contributed by atoms with Gasteiger partial charge in [0.05, 0.1) is 11.5 Å². The summed E-state index contributed by atoms with van der Waals surface area (Å²) in [5, 5.41) is 13.1. The summed E-state index contributed by atoms with van der Waals surface area (Å²) < 4.78 is 0. The number of hydrogen-bond donors (Lipinski definition) is 2. The van der Waals surface area contributed by atoms with Gasteiger partial charge in [-0.1, -0.05) is 43.2 Å². The van der Waals surface area contributed by atoms with Crippen molar-refractivity contribution in [3.63, 3.8) is 0 Å². The highest BCUT2D eigenvalue weighted by molar-refractivity contribution is 5.88. The molecule has 4 nitrogen and oxygen atoms in total. The summed E-state index contributed by atoms with van der Waals surface area (Å²) in [4.78, 5) is 15.1. The first-order valence-corrected chi connectivity index (χ1v) is 7.96. The second-order valence-corrected chi connectivity index (χ2v) is 6.26. The predicted octanol–water partition coefficient (Wildman–Crippen LogP) is 1.71. The molecule has 1 atom stereocenters. The third-order valence-electron chi connectivity index (χ3n) is 4.85. The number of benzene rings is 1. The fraction of sp³-hybridized carbons (Fsp3) is 0.588. The second-order valence-electron chi connectivity index (χ2n) is 6.26. The standard InChI is InChI=1S/C17H24N2O2.ClH/c20-15-12-18-10-11-19(13-15)16(21)17(8-4-5-9-17)14-6-2-1-3-7-14;/h1-3,6-7,15,18,20H,4-5,8-13H2;1H. The first kappa shape index (κ1) is 17.3. The molecule has 1 aliphatic carbocycles. The molecule has 0 radical (unpaired) electrons. The zero-order valence-corrected chi connectivity index (χ0v) is 13.6. The number of β-amino-alcohol motifs (C(OH)–C–C–N with tert-alkyl or cyclic N) is 1. The molecule has 3 rings (SSSR count). The molecule has 1 amide bonds. The molecule has 1 saturated heterocycles. The predicted molar refractivity (Wildman–Crippen MR) is 89.3 cm³/mol. The van der Waals surface area contributed by atoms with Crippen LogP contribution in [0.5, 0.6) is 0 Å². The van der Waals surface area contributed by atoms with Crippen LogP contribution in [0.3, 0.4) is 0 Å². The number of rotatable bonds is 2. The van der Waals surface area contributed by atoms with Crippen molar-refractivity contribution >= 4 is 18.3 Å². The Bertz CT molecular complexity index is 489. The molecule has 0 aromatic heterocycles. The van der Waals surface area contributed by atoms with E-state index in [2.05, 4.69) is 17.4 Å². The minimum absolute atomic E-state index is 0. The molecule has 1 aromatic carbocycles. The Morgan fingerprint density at radius 3 is 2.59 bits per heavy atom. The summed E-state index contributed by atoms with van der Waals surface area (Å²) in [6, 6.07) is 10.2. The lowest BCUT2D eigenvalue weighted by Crippen LogP contribution is -2.48. The summed E-state index contributed by atoms with van der Waals surface area (Å²) in [5.41, 5.74) is 0.768. The fourth-order valence-corrected chi connectivity index (χ4v) is 3.74. The number of aliphatic hydroxyl groups is 1. The van der Waals surface area contributed by atoms with Crippen LogP contribution in [0.4, 0.5) is 0 Å². The summed E-state index contributed by atoms with van der Waals surface area (Å²) >= 11 is 0. The Hall–Kier alpha value is -1.10. The topological polar surface area (TPSA) is 52.6 Å². The number of nitrogens with one attached hydrogen (secondary N) is 1. The highest BCUT2D eigenvalue weighted by atomic mass is 35.5. The van der Waals surface area contributed by atoms with E-state index in [0.717, 1.165) is 37.8 Å². The molecule has 0 spiro atoms. The van der Waals surface area contributed by atoms with E-state index in [0.29, 0.717) is 19.6 Å². The SMILES string of the molecule is Cl.O=C(N1CCNCC(O)C1)C1(c2ccccc2)CCCC1. The molecule has 1 unspecified atom stereocenters. The van der Waals surface area contributed by atoms with Crippen molar-refractivity contribution in [3.05, 3.63) is 35.9 Å². The Morgan fingerprint density at radius 1 is 1.23 bits per heavy atom. The van der Waals surface area contributed by atoms with E-state index in [1.807, 2.05) is 23.1 Å². The Morgan fingerprint density at radius 2 is 1.91 bits per heavy atom. The van der Waals surface area contributed by atoms with Crippen molar-refractivity contribution in [2.75, 3.05) is 26.2 Å². The molecule has 1 saturated carbocycles. The molecule has 122 valence electrons. The van der Waals surface area contributed by atoms with Gasteiger partial charge >= 0.3 is 0 Å². The van der Waals surface area contributed by atoms with Gasteiger partial charge in [-0.05, 0) is 18.4 Å². The summed E-state index contributed by atoms with van der Waals surface area (Å²) in [5.74, 6) is 0.203. The first-order chi connectivity index (χ1) is 10.2. The maximum atomic E-state index is 13.2. The lowest BCUT2D eigenvalue weighted by atomic mass is 9.77. The normalized spacial score (nSPS) is 24.4. The van der Waals surface area contributed by atoms with Crippen LogP contribution in [-0.2, 0) is 10.2 Å². The van der Waals surface area contributed by atoms with Gasteiger partial charge in [-0.25, -0.2) is 0 Å². The Labute approximate surface area is 138 Å². The van der Waals surface area contributed by atoms with Crippen LogP contribution in [0.15, 0.2) is 30.3 Å². The van der Waals surface area contributed by atoms with Crippen LogP contribution in [0.1, 0.15) is 31.2 Å². The molecule has 1 aliphatic heterocycles. The maximum absolute atomic E-state index is 13.2. The zero-order valence-electron chi connectivity index (χ0n) is 12.8. The highest BCUT2D eigenvalue weighted by Crippen LogP contribution is 2.42. The van der Waals surface area contributed by atoms with E-state index in [1.54, 1.807) is 0 Å². The van der Waals surface area contributed by atoms with Gasteiger partial charge in [-0.2, -0.15) is 0 Å². The lowest BCUT2D eigenvalue weighted by molar-refractivity contribution is -0.138. The van der Waals surface area contributed by atoms with Crippen molar-refractivity contribution in [1.29, 1.82) is 0 Å². The lowest BCUT2D eigenvalue weighted by Gasteiger charge is -2.34. The third-order valence-corrected chi connectivity index (χ3v) is 4.85. The van der Waals surface area contributed by atoms with E-state index in [4.69, 9.17) is 0 Å². The van der Waals surface area contributed by atoms with Crippen molar-refractivity contribution < 1.29 is 9.90 Å². The van der Waals surface area contributed by atoms with Crippen LogP contribution >= 0.6 is 12.4 Å². The van der Waals surface area contributed by atoms with Gasteiger partial charge in [0.25, 0.3) is 0 Å². The quantitative estimate of drug-likeness (QED) is 0.871. The highest BCUT2D eigenvalue weighted by Gasteiger charge is 2.45. The number of carbonyl (C=O) groups excluding carboxylic acids is 1. The van der Waals surface area contributed by atoms with E-state index in [-0.39, 0.29) is 23.7 Å². The van der Waals surface area contributed by atoms with Gasteiger partial charge in [0.2, 0.25) is 5.91 Å². The van der Waals surface area contributed by atoms with Crippen LogP contribution in [0, 0.1) is 0 Å². The Kier molecular flexibility index (Phi) is 5.84. The average Bonchev–Trinajstić information content (AvgIpc) is 2.92. The number of hydrogen-bond acceptors (Lipinski definition) is 3. The molecule has 0 bridgehead atoms. The average molecular weight is 325 g/mol. The van der Waals surface area contributed by atoms with Crippen molar-refractivity contribution in [2.24, 2.45) is 0 Å². The van der Waals surface area contributed by atoms with Crippen LogP contribution in [0.2, 0.25) is 0 Å². The largest absolute Gasteiger partial charge is 0.390 e. The molecular weight excluding hydrogens is 300 g/mol. The molecular formula is C17H25ClN2O2. The Balaban J connectivity index is 0.00000176. The third kappa shape index (κ3) is 3.29. The fourth-order valence-electron chi connectivity index (χ4n) is 3.74. The van der Waals surface area contributed by atoms with E-state index in [9.17, 15) is 9.90 Å². The van der Waals surface area contributed by atoms with Crippen molar-refractivity contribution in [2.45, 2.75) is 37.2 Å². The minimum Gasteiger partial charge on any atom is -0.390 e. The van der Waals surface area contributed by atoms with E-state index >= 15 is 0 Å². The van der Waals surface area contributed by atoms with Crippen molar-refractivity contribution in [3.8, 4) is 0 Å². The molecule has 1 heterocycles. The van der Waals surface area contributed by atoms with Crippen molar-refractivity contribution in [1.82, 2.24) is 10.2 Å². The molecule has 2 N–H and O–H groups in total.